The molecule has 2 aromatic carbocycles. The van der Waals surface area contributed by atoms with E-state index in [-0.39, 0.29) is 17.2 Å². The number of nitrogens with zero attached hydrogens (tertiary/aromatic N) is 1. The minimum Gasteiger partial charge on any atom is -0.325 e. The first-order valence-corrected chi connectivity index (χ1v) is 9.29. The zero-order valence-electron chi connectivity index (χ0n) is 13.7. The Kier molecular flexibility index (Phi) is 5.06. The van der Waals surface area contributed by atoms with Crippen LogP contribution in [0.25, 0.3) is 0 Å². The van der Waals surface area contributed by atoms with Gasteiger partial charge in [-0.25, -0.2) is 0 Å². The molecule has 23 heavy (non-hydrogen) atoms. The van der Waals surface area contributed by atoms with Gasteiger partial charge in [-0.2, -0.15) is 0 Å². The van der Waals surface area contributed by atoms with Gasteiger partial charge in [-0.15, -0.1) is 11.8 Å². The lowest BCUT2D eigenvalue weighted by Crippen LogP contribution is -2.34. The minimum atomic E-state index is -0.0390. The van der Waals surface area contributed by atoms with Crippen molar-refractivity contribution < 1.29 is 4.79 Å². The zero-order chi connectivity index (χ0) is 16.2. The molecule has 0 spiro atoms. The van der Waals surface area contributed by atoms with Crippen molar-refractivity contribution >= 4 is 17.7 Å². The average Bonchev–Trinajstić information content (AvgIpc) is 3.07. The van der Waals surface area contributed by atoms with E-state index in [4.69, 9.17) is 0 Å². The number of carbonyl (C=O) groups is 1. The van der Waals surface area contributed by atoms with Crippen molar-refractivity contribution in [1.29, 1.82) is 0 Å². The third-order valence-electron chi connectivity index (χ3n) is 4.44. The van der Waals surface area contributed by atoms with Crippen molar-refractivity contribution in [1.82, 2.24) is 4.90 Å². The fourth-order valence-corrected chi connectivity index (χ4v) is 4.41. The molecule has 0 bridgehead atoms. The molecular formula is C20H23NOS. The molecule has 1 aliphatic rings. The van der Waals surface area contributed by atoms with E-state index >= 15 is 0 Å². The van der Waals surface area contributed by atoms with Crippen LogP contribution in [-0.2, 0) is 4.79 Å². The molecule has 0 saturated carbocycles. The first-order chi connectivity index (χ1) is 11.2. The molecule has 2 unspecified atom stereocenters. The lowest BCUT2D eigenvalue weighted by molar-refractivity contribution is -0.133. The topological polar surface area (TPSA) is 20.3 Å². The first-order valence-electron chi connectivity index (χ1n) is 8.24. The molecule has 120 valence electrons. The molecule has 2 aromatic rings. The van der Waals surface area contributed by atoms with Crippen molar-refractivity contribution in [3.63, 3.8) is 0 Å². The monoisotopic (exact) mass is 325 g/mol. The summed E-state index contributed by atoms with van der Waals surface area (Å²) < 4.78 is 0. The number of rotatable bonds is 4. The quantitative estimate of drug-likeness (QED) is 0.807. The number of aryl methyl sites for hydroxylation is 1. The van der Waals surface area contributed by atoms with E-state index in [2.05, 4.69) is 55.1 Å². The Labute approximate surface area is 142 Å². The maximum absolute atomic E-state index is 13.1. The number of carbonyl (C=O) groups excluding carboxylic acids is 1. The summed E-state index contributed by atoms with van der Waals surface area (Å²) in [6.07, 6.45) is 0.838. The summed E-state index contributed by atoms with van der Waals surface area (Å²) in [4.78, 5) is 15.2. The van der Waals surface area contributed by atoms with Crippen LogP contribution in [0.5, 0.6) is 0 Å². The van der Waals surface area contributed by atoms with Gasteiger partial charge in [0.05, 0.1) is 5.92 Å². The first kappa shape index (κ1) is 16.1. The lowest BCUT2D eigenvalue weighted by atomic mass is 9.95. The molecule has 1 heterocycles. The second-order valence-electron chi connectivity index (χ2n) is 6.04. The van der Waals surface area contributed by atoms with Crippen LogP contribution in [0.15, 0.2) is 54.6 Å². The number of thioether (sulfide) groups is 1. The van der Waals surface area contributed by atoms with Gasteiger partial charge in [-0.1, -0.05) is 67.1 Å². The minimum absolute atomic E-state index is 0.0390. The summed E-state index contributed by atoms with van der Waals surface area (Å²) in [6, 6.07) is 18.7. The summed E-state index contributed by atoms with van der Waals surface area (Å²) in [7, 11) is 0. The Morgan fingerprint density at radius 2 is 1.87 bits per heavy atom. The summed E-state index contributed by atoms with van der Waals surface area (Å²) in [5.74, 6) is 1.23. The molecule has 1 fully saturated rings. The molecule has 0 aliphatic carbocycles. The van der Waals surface area contributed by atoms with E-state index in [1.165, 1.54) is 11.1 Å². The van der Waals surface area contributed by atoms with Crippen molar-refractivity contribution in [2.75, 3.05) is 12.3 Å². The number of amides is 1. The van der Waals surface area contributed by atoms with E-state index in [1.54, 1.807) is 0 Å². The Morgan fingerprint density at radius 1 is 1.17 bits per heavy atom. The molecule has 3 heteroatoms. The fourth-order valence-electron chi connectivity index (χ4n) is 3.14. The van der Waals surface area contributed by atoms with E-state index in [1.807, 2.05) is 30.0 Å². The predicted octanol–water partition coefficient (Wildman–Crippen LogP) is 4.76. The lowest BCUT2D eigenvalue weighted by Gasteiger charge is -2.28. The Hall–Kier alpha value is -1.74. The van der Waals surface area contributed by atoms with E-state index in [9.17, 15) is 4.79 Å². The molecule has 2 nitrogen and oxygen atoms in total. The maximum Gasteiger partial charge on any atom is 0.231 e. The van der Waals surface area contributed by atoms with Crippen LogP contribution in [0.4, 0.5) is 0 Å². The molecule has 0 aromatic heterocycles. The summed E-state index contributed by atoms with van der Waals surface area (Å²) in [5.41, 5.74) is 3.61. The molecule has 0 N–H and O–H groups in total. The summed E-state index contributed by atoms with van der Waals surface area (Å²) in [5, 5.41) is 0.154. The largest absolute Gasteiger partial charge is 0.325 e. The third-order valence-corrected chi connectivity index (χ3v) is 5.71. The van der Waals surface area contributed by atoms with Crippen LogP contribution in [0.3, 0.4) is 0 Å². The van der Waals surface area contributed by atoms with E-state index in [0.717, 1.165) is 24.3 Å². The predicted molar refractivity (Wildman–Crippen MR) is 97.6 cm³/mol. The second kappa shape index (κ2) is 7.22. The van der Waals surface area contributed by atoms with Gasteiger partial charge in [-0.3, -0.25) is 4.79 Å². The highest BCUT2D eigenvalue weighted by Crippen LogP contribution is 2.40. The maximum atomic E-state index is 13.1. The van der Waals surface area contributed by atoms with Crippen molar-refractivity contribution in [2.45, 2.75) is 31.6 Å². The molecular weight excluding hydrogens is 302 g/mol. The van der Waals surface area contributed by atoms with Crippen LogP contribution < -0.4 is 0 Å². The normalized spacial score (nSPS) is 18.9. The highest BCUT2D eigenvalue weighted by atomic mass is 32.2. The summed E-state index contributed by atoms with van der Waals surface area (Å²) >= 11 is 1.87. The van der Waals surface area contributed by atoms with Crippen LogP contribution in [0.1, 0.15) is 41.3 Å². The van der Waals surface area contributed by atoms with E-state index in [0.29, 0.717) is 0 Å². The zero-order valence-corrected chi connectivity index (χ0v) is 14.6. The van der Waals surface area contributed by atoms with Gasteiger partial charge in [0, 0.05) is 12.3 Å². The standard InChI is InChI=1S/C20H23NOS/c1-3-18(16-7-5-4-6-8-16)19(22)21-13-14-23-20(21)17-11-9-15(2)10-12-17/h4-12,18,20H,3,13-14H2,1-2H3. The van der Waals surface area contributed by atoms with Gasteiger partial charge in [0.25, 0.3) is 0 Å². The number of hydrogen-bond donors (Lipinski definition) is 0. The van der Waals surface area contributed by atoms with E-state index < -0.39 is 0 Å². The van der Waals surface area contributed by atoms with Gasteiger partial charge >= 0.3 is 0 Å². The SMILES string of the molecule is CCC(C(=O)N1CCSC1c1ccc(C)cc1)c1ccccc1. The van der Waals surface area contributed by atoms with Crippen LogP contribution >= 0.6 is 11.8 Å². The Morgan fingerprint density at radius 3 is 2.52 bits per heavy atom. The summed E-state index contributed by atoms with van der Waals surface area (Å²) in [6.45, 7) is 5.03. The van der Waals surface area contributed by atoms with Crippen LogP contribution in [-0.4, -0.2) is 23.1 Å². The second-order valence-corrected chi connectivity index (χ2v) is 7.23. The molecule has 1 aliphatic heterocycles. The molecule has 2 atom stereocenters. The van der Waals surface area contributed by atoms with Gasteiger partial charge < -0.3 is 4.90 Å². The van der Waals surface area contributed by atoms with Crippen molar-refractivity contribution in [2.24, 2.45) is 0 Å². The third kappa shape index (κ3) is 3.45. The number of hydrogen-bond acceptors (Lipinski definition) is 2. The van der Waals surface area contributed by atoms with Gasteiger partial charge in [0.2, 0.25) is 5.91 Å². The van der Waals surface area contributed by atoms with Gasteiger partial charge in [0.1, 0.15) is 5.37 Å². The highest BCUT2D eigenvalue weighted by Gasteiger charge is 2.34. The number of benzene rings is 2. The Balaban J connectivity index is 1.84. The van der Waals surface area contributed by atoms with Gasteiger partial charge in [0.15, 0.2) is 0 Å². The average molecular weight is 325 g/mol. The van der Waals surface area contributed by atoms with Gasteiger partial charge in [-0.05, 0) is 24.5 Å². The van der Waals surface area contributed by atoms with Crippen LogP contribution in [0, 0.1) is 6.92 Å². The molecule has 1 amide bonds. The fraction of sp³-hybridized carbons (Fsp3) is 0.350. The Bertz CT molecular complexity index is 653. The molecule has 3 rings (SSSR count). The molecule has 0 radical (unpaired) electrons. The van der Waals surface area contributed by atoms with Crippen LogP contribution in [0.2, 0.25) is 0 Å². The van der Waals surface area contributed by atoms with Crippen molar-refractivity contribution in [3.05, 3.63) is 71.3 Å². The molecule has 1 saturated heterocycles. The highest BCUT2D eigenvalue weighted by molar-refractivity contribution is 7.99. The smallest absolute Gasteiger partial charge is 0.231 e. The van der Waals surface area contributed by atoms with Crippen molar-refractivity contribution in [3.8, 4) is 0 Å².